The Morgan fingerprint density at radius 2 is 2.10 bits per heavy atom. The summed E-state index contributed by atoms with van der Waals surface area (Å²) in [7, 11) is 1.44. The van der Waals surface area contributed by atoms with Gasteiger partial charge in [-0.15, -0.1) is 0 Å². The van der Waals surface area contributed by atoms with Crippen LogP contribution in [0.15, 0.2) is 18.3 Å². The molecule has 20 heavy (non-hydrogen) atoms. The highest BCUT2D eigenvalue weighted by Crippen LogP contribution is 2.25. The molecule has 0 N–H and O–H groups in total. The number of aromatic nitrogens is 1. The first-order chi connectivity index (χ1) is 9.61. The fourth-order valence-corrected chi connectivity index (χ4v) is 2.85. The van der Waals surface area contributed by atoms with Gasteiger partial charge in [0, 0.05) is 25.3 Å². The molecular weight excluding hydrogens is 252 g/mol. The van der Waals surface area contributed by atoms with Crippen molar-refractivity contribution in [1.82, 2.24) is 9.47 Å². The van der Waals surface area contributed by atoms with Crippen LogP contribution in [0.25, 0.3) is 0 Å². The standard InChI is InChI=1S/C16H26N2O2/c1-13(2)6-10-17-11-7-14(8-12-17)18-9-4-5-15(18)16(19)20-3/h4-5,9,13-14H,6-8,10-12H2,1-3H3. The van der Waals surface area contributed by atoms with Crippen LogP contribution in [0, 0.1) is 5.92 Å². The normalized spacial score (nSPS) is 17.6. The van der Waals surface area contributed by atoms with Crippen molar-refractivity contribution in [3.05, 3.63) is 24.0 Å². The molecule has 1 aliphatic rings. The van der Waals surface area contributed by atoms with Crippen molar-refractivity contribution in [3.63, 3.8) is 0 Å². The molecule has 4 heteroatoms. The van der Waals surface area contributed by atoms with Gasteiger partial charge in [-0.3, -0.25) is 0 Å². The van der Waals surface area contributed by atoms with Gasteiger partial charge in [0.1, 0.15) is 5.69 Å². The van der Waals surface area contributed by atoms with Gasteiger partial charge >= 0.3 is 5.97 Å². The fourth-order valence-electron chi connectivity index (χ4n) is 2.85. The Bertz CT molecular complexity index is 431. The molecule has 112 valence electrons. The minimum atomic E-state index is -0.239. The van der Waals surface area contributed by atoms with E-state index < -0.39 is 0 Å². The first kappa shape index (κ1) is 15.1. The minimum absolute atomic E-state index is 0.239. The van der Waals surface area contributed by atoms with Gasteiger partial charge in [0.25, 0.3) is 0 Å². The zero-order chi connectivity index (χ0) is 14.5. The van der Waals surface area contributed by atoms with Gasteiger partial charge in [-0.05, 0) is 43.9 Å². The highest BCUT2D eigenvalue weighted by molar-refractivity contribution is 5.87. The van der Waals surface area contributed by atoms with Crippen LogP contribution in [0.4, 0.5) is 0 Å². The first-order valence-corrected chi connectivity index (χ1v) is 7.59. The predicted octanol–water partition coefficient (Wildman–Crippen LogP) is 2.96. The summed E-state index contributed by atoms with van der Waals surface area (Å²) >= 11 is 0. The summed E-state index contributed by atoms with van der Waals surface area (Å²) < 4.78 is 6.93. The Morgan fingerprint density at radius 3 is 2.70 bits per heavy atom. The van der Waals surface area contributed by atoms with E-state index in [0.29, 0.717) is 11.7 Å². The maximum atomic E-state index is 11.7. The average molecular weight is 278 g/mol. The zero-order valence-corrected chi connectivity index (χ0v) is 12.8. The topological polar surface area (TPSA) is 34.5 Å². The van der Waals surface area contributed by atoms with E-state index in [1.807, 2.05) is 18.3 Å². The van der Waals surface area contributed by atoms with Gasteiger partial charge in [-0.2, -0.15) is 0 Å². The van der Waals surface area contributed by atoms with E-state index in [9.17, 15) is 4.79 Å². The highest BCUT2D eigenvalue weighted by Gasteiger charge is 2.23. The van der Waals surface area contributed by atoms with E-state index in [-0.39, 0.29) is 5.97 Å². The summed E-state index contributed by atoms with van der Waals surface area (Å²) in [5, 5.41) is 0. The Labute approximate surface area is 121 Å². The van der Waals surface area contributed by atoms with Crippen molar-refractivity contribution >= 4 is 5.97 Å². The van der Waals surface area contributed by atoms with Crippen molar-refractivity contribution in [2.75, 3.05) is 26.7 Å². The molecule has 1 saturated heterocycles. The average Bonchev–Trinajstić information content (AvgIpc) is 2.94. The summed E-state index contributed by atoms with van der Waals surface area (Å²) in [4.78, 5) is 14.3. The quantitative estimate of drug-likeness (QED) is 0.777. The molecule has 0 bridgehead atoms. The van der Waals surface area contributed by atoms with E-state index in [4.69, 9.17) is 4.74 Å². The summed E-state index contributed by atoms with van der Waals surface area (Å²) in [6.07, 6.45) is 5.48. The van der Waals surface area contributed by atoms with E-state index in [1.54, 1.807) is 0 Å². The van der Waals surface area contributed by atoms with Crippen LogP contribution in [-0.2, 0) is 4.74 Å². The smallest absolute Gasteiger partial charge is 0.354 e. The number of carbonyl (C=O) groups is 1. The molecule has 0 amide bonds. The number of carbonyl (C=O) groups excluding carboxylic acids is 1. The Morgan fingerprint density at radius 1 is 1.40 bits per heavy atom. The Hall–Kier alpha value is -1.29. The molecule has 2 rings (SSSR count). The first-order valence-electron chi connectivity index (χ1n) is 7.59. The lowest BCUT2D eigenvalue weighted by Crippen LogP contribution is -2.36. The third kappa shape index (κ3) is 3.63. The second-order valence-electron chi connectivity index (χ2n) is 6.05. The number of nitrogens with zero attached hydrogens (tertiary/aromatic N) is 2. The van der Waals surface area contributed by atoms with Gasteiger partial charge in [-0.25, -0.2) is 4.79 Å². The van der Waals surface area contributed by atoms with Gasteiger partial charge in [0.15, 0.2) is 0 Å². The number of hydrogen-bond donors (Lipinski definition) is 0. The maximum absolute atomic E-state index is 11.7. The third-order valence-corrected chi connectivity index (χ3v) is 4.15. The molecule has 0 saturated carbocycles. The molecule has 0 aliphatic carbocycles. The summed E-state index contributed by atoms with van der Waals surface area (Å²) in [5.74, 6) is 0.528. The van der Waals surface area contributed by atoms with Crippen molar-refractivity contribution < 1.29 is 9.53 Å². The lowest BCUT2D eigenvalue weighted by atomic mass is 10.0. The summed E-state index contributed by atoms with van der Waals surface area (Å²) in [6, 6.07) is 4.20. The molecule has 1 aromatic heterocycles. The van der Waals surface area contributed by atoms with Gasteiger partial charge in [-0.1, -0.05) is 13.8 Å². The molecule has 1 aromatic rings. The number of piperidine rings is 1. The van der Waals surface area contributed by atoms with E-state index in [2.05, 4.69) is 23.3 Å². The van der Waals surface area contributed by atoms with Crippen LogP contribution in [0.2, 0.25) is 0 Å². The number of esters is 1. The molecular formula is C16H26N2O2. The molecule has 0 radical (unpaired) electrons. The predicted molar refractivity (Wildman–Crippen MR) is 79.9 cm³/mol. The molecule has 0 aromatic carbocycles. The van der Waals surface area contributed by atoms with Crippen LogP contribution in [-0.4, -0.2) is 42.2 Å². The van der Waals surface area contributed by atoms with Crippen molar-refractivity contribution in [2.45, 2.75) is 39.2 Å². The SMILES string of the molecule is COC(=O)c1cccn1C1CCN(CCC(C)C)CC1. The number of likely N-dealkylation sites (tertiary alicyclic amines) is 1. The van der Waals surface area contributed by atoms with Crippen LogP contribution >= 0.6 is 0 Å². The minimum Gasteiger partial charge on any atom is -0.464 e. The number of hydrogen-bond acceptors (Lipinski definition) is 3. The van der Waals surface area contributed by atoms with Crippen molar-refractivity contribution in [3.8, 4) is 0 Å². The maximum Gasteiger partial charge on any atom is 0.354 e. The lowest BCUT2D eigenvalue weighted by molar-refractivity contribution is 0.0581. The Balaban J connectivity index is 1.91. The molecule has 0 atom stereocenters. The number of methoxy groups -OCH3 is 1. The van der Waals surface area contributed by atoms with Crippen LogP contribution in [0.3, 0.4) is 0 Å². The summed E-state index contributed by atoms with van der Waals surface area (Å²) in [5.41, 5.74) is 0.674. The molecule has 0 spiro atoms. The van der Waals surface area contributed by atoms with Gasteiger partial charge in [0.2, 0.25) is 0 Å². The molecule has 1 fully saturated rings. The molecule has 1 aliphatic heterocycles. The van der Waals surface area contributed by atoms with Crippen molar-refractivity contribution in [1.29, 1.82) is 0 Å². The monoisotopic (exact) mass is 278 g/mol. The highest BCUT2D eigenvalue weighted by atomic mass is 16.5. The zero-order valence-electron chi connectivity index (χ0n) is 12.8. The second kappa shape index (κ2) is 6.93. The summed E-state index contributed by atoms with van der Waals surface area (Å²) in [6.45, 7) is 7.98. The lowest BCUT2D eigenvalue weighted by Gasteiger charge is -2.33. The van der Waals surface area contributed by atoms with Gasteiger partial charge < -0.3 is 14.2 Å². The Kier molecular flexibility index (Phi) is 5.24. The van der Waals surface area contributed by atoms with Gasteiger partial charge in [0.05, 0.1) is 7.11 Å². The fraction of sp³-hybridized carbons (Fsp3) is 0.688. The molecule has 4 nitrogen and oxygen atoms in total. The number of rotatable bonds is 5. The van der Waals surface area contributed by atoms with E-state index in [0.717, 1.165) is 31.8 Å². The number of ether oxygens (including phenoxy) is 1. The van der Waals surface area contributed by atoms with Crippen LogP contribution in [0.5, 0.6) is 0 Å². The van der Waals surface area contributed by atoms with E-state index >= 15 is 0 Å². The van der Waals surface area contributed by atoms with E-state index in [1.165, 1.54) is 20.1 Å². The third-order valence-electron chi connectivity index (χ3n) is 4.15. The molecule has 0 unspecified atom stereocenters. The van der Waals surface area contributed by atoms with Crippen LogP contribution < -0.4 is 0 Å². The second-order valence-corrected chi connectivity index (χ2v) is 6.05. The van der Waals surface area contributed by atoms with Crippen molar-refractivity contribution in [2.24, 2.45) is 5.92 Å². The largest absolute Gasteiger partial charge is 0.464 e. The van der Waals surface area contributed by atoms with Crippen LogP contribution in [0.1, 0.15) is 49.6 Å². The molecule has 2 heterocycles.